The highest BCUT2D eigenvalue weighted by Gasteiger charge is 2.17. The van der Waals surface area contributed by atoms with Gasteiger partial charge in [-0.25, -0.2) is 4.98 Å². The Morgan fingerprint density at radius 1 is 1.10 bits per heavy atom. The number of nitrogens with one attached hydrogen (secondary N) is 1. The number of amides is 1. The molecule has 0 unspecified atom stereocenters. The van der Waals surface area contributed by atoms with Crippen molar-refractivity contribution in [1.82, 2.24) is 9.38 Å². The molecule has 0 atom stereocenters. The van der Waals surface area contributed by atoms with Crippen LogP contribution in [0.1, 0.15) is 21.8 Å². The van der Waals surface area contributed by atoms with Crippen LogP contribution in [0.5, 0.6) is 5.75 Å². The Balaban J connectivity index is 1.30. The SMILES string of the molecule is Cc1c(C(=O)Nc2cccc(OCc3cn4ccccc4n3)c2)oc2ccccc12. The molecule has 3 heterocycles. The number of ether oxygens (including phenoxy) is 1. The third-order valence-corrected chi connectivity index (χ3v) is 4.94. The molecule has 0 aliphatic heterocycles. The Morgan fingerprint density at radius 2 is 1.97 bits per heavy atom. The van der Waals surface area contributed by atoms with Gasteiger partial charge in [-0.3, -0.25) is 4.79 Å². The van der Waals surface area contributed by atoms with Crippen LogP contribution < -0.4 is 10.1 Å². The van der Waals surface area contributed by atoms with Gasteiger partial charge in [-0.1, -0.05) is 30.3 Å². The number of furan rings is 1. The maximum atomic E-state index is 12.7. The molecule has 5 aromatic rings. The van der Waals surface area contributed by atoms with E-state index < -0.39 is 0 Å². The lowest BCUT2D eigenvalue weighted by Gasteiger charge is -2.08. The molecule has 2 aromatic carbocycles. The minimum absolute atomic E-state index is 0.291. The van der Waals surface area contributed by atoms with Crippen molar-refractivity contribution >= 4 is 28.2 Å². The summed E-state index contributed by atoms with van der Waals surface area (Å²) in [5, 5.41) is 3.82. The second-order valence-corrected chi connectivity index (χ2v) is 7.02. The van der Waals surface area contributed by atoms with Crippen molar-refractivity contribution in [3.8, 4) is 5.75 Å². The third-order valence-electron chi connectivity index (χ3n) is 4.94. The zero-order chi connectivity index (χ0) is 20.5. The summed E-state index contributed by atoms with van der Waals surface area (Å²) in [5.41, 5.74) is 3.85. The van der Waals surface area contributed by atoms with E-state index in [1.807, 2.05) is 84.4 Å². The highest BCUT2D eigenvalue weighted by Crippen LogP contribution is 2.26. The summed E-state index contributed by atoms with van der Waals surface area (Å²) < 4.78 is 13.6. The van der Waals surface area contributed by atoms with Crippen LogP contribution in [-0.4, -0.2) is 15.3 Å². The van der Waals surface area contributed by atoms with Gasteiger partial charge in [-0.15, -0.1) is 0 Å². The van der Waals surface area contributed by atoms with Crippen molar-refractivity contribution < 1.29 is 13.9 Å². The number of carbonyl (C=O) groups is 1. The van der Waals surface area contributed by atoms with Gasteiger partial charge in [0, 0.05) is 35.1 Å². The van der Waals surface area contributed by atoms with Crippen molar-refractivity contribution in [3.05, 3.63) is 96.1 Å². The number of hydrogen-bond donors (Lipinski definition) is 1. The molecular weight excluding hydrogens is 378 g/mol. The lowest BCUT2D eigenvalue weighted by molar-refractivity contribution is 0.0998. The van der Waals surface area contributed by atoms with E-state index in [4.69, 9.17) is 9.15 Å². The van der Waals surface area contributed by atoms with Crippen molar-refractivity contribution in [2.24, 2.45) is 0 Å². The van der Waals surface area contributed by atoms with Crippen molar-refractivity contribution in [2.75, 3.05) is 5.32 Å². The molecule has 30 heavy (non-hydrogen) atoms. The molecule has 0 saturated heterocycles. The van der Waals surface area contributed by atoms with Gasteiger partial charge in [0.25, 0.3) is 5.91 Å². The zero-order valence-electron chi connectivity index (χ0n) is 16.3. The highest BCUT2D eigenvalue weighted by molar-refractivity contribution is 6.06. The number of hydrogen-bond acceptors (Lipinski definition) is 4. The van der Waals surface area contributed by atoms with E-state index >= 15 is 0 Å². The molecule has 5 rings (SSSR count). The summed E-state index contributed by atoms with van der Waals surface area (Å²) >= 11 is 0. The number of pyridine rings is 1. The maximum Gasteiger partial charge on any atom is 0.291 e. The number of para-hydroxylation sites is 1. The first-order valence-electron chi connectivity index (χ1n) is 9.62. The number of imidazole rings is 1. The molecule has 148 valence electrons. The van der Waals surface area contributed by atoms with E-state index in [2.05, 4.69) is 10.3 Å². The predicted octanol–water partition coefficient (Wildman–Crippen LogP) is 5.22. The molecule has 0 aliphatic carbocycles. The average Bonchev–Trinajstić information content (AvgIpc) is 3.33. The van der Waals surface area contributed by atoms with Gasteiger partial charge < -0.3 is 18.9 Å². The highest BCUT2D eigenvalue weighted by atomic mass is 16.5. The Bertz CT molecular complexity index is 1330. The van der Waals surface area contributed by atoms with Crippen molar-refractivity contribution in [1.29, 1.82) is 0 Å². The van der Waals surface area contributed by atoms with Gasteiger partial charge in [0.2, 0.25) is 0 Å². The van der Waals surface area contributed by atoms with E-state index in [-0.39, 0.29) is 5.91 Å². The van der Waals surface area contributed by atoms with E-state index in [0.717, 1.165) is 22.3 Å². The van der Waals surface area contributed by atoms with Gasteiger partial charge >= 0.3 is 0 Å². The quantitative estimate of drug-likeness (QED) is 0.441. The van der Waals surface area contributed by atoms with Gasteiger partial charge in [0.15, 0.2) is 5.76 Å². The fraction of sp³-hybridized carbons (Fsp3) is 0.0833. The minimum atomic E-state index is -0.291. The Morgan fingerprint density at radius 3 is 2.83 bits per heavy atom. The first-order chi connectivity index (χ1) is 14.7. The molecule has 3 aromatic heterocycles. The fourth-order valence-electron chi connectivity index (χ4n) is 3.46. The first-order valence-corrected chi connectivity index (χ1v) is 9.62. The van der Waals surface area contributed by atoms with Crippen LogP contribution in [0.15, 0.2) is 83.5 Å². The lowest BCUT2D eigenvalue weighted by Crippen LogP contribution is -2.12. The van der Waals surface area contributed by atoms with Gasteiger partial charge in [-0.2, -0.15) is 0 Å². The maximum absolute atomic E-state index is 12.7. The molecule has 0 spiro atoms. The monoisotopic (exact) mass is 397 g/mol. The number of nitrogens with zero attached hydrogens (tertiary/aromatic N) is 2. The Hall–Kier alpha value is -4.06. The largest absolute Gasteiger partial charge is 0.487 e. The van der Waals surface area contributed by atoms with Crippen LogP contribution in [0.4, 0.5) is 5.69 Å². The molecule has 0 aliphatic rings. The van der Waals surface area contributed by atoms with Crippen LogP contribution in [-0.2, 0) is 6.61 Å². The number of rotatable bonds is 5. The Labute approximate surface area is 172 Å². The lowest BCUT2D eigenvalue weighted by atomic mass is 10.1. The summed E-state index contributed by atoms with van der Waals surface area (Å²) in [6.07, 6.45) is 3.88. The van der Waals surface area contributed by atoms with Crippen LogP contribution in [0, 0.1) is 6.92 Å². The van der Waals surface area contributed by atoms with Crippen molar-refractivity contribution in [2.45, 2.75) is 13.5 Å². The molecular formula is C24H19N3O3. The van der Waals surface area contributed by atoms with Gasteiger partial charge in [0.05, 0.1) is 5.69 Å². The van der Waals surface area contributed by atoms with E-state index in [1.165, 1.54) is 0 Å². The standard InChI is InChI=1S/C24H19N3O3/c1-16-20-9-2-3-10-21(20)30-23(16)24(28)26-17-7-6-8-19(13-17)29-15-18-14-27-12-5-4-11-22(27)25-18/h2-14H,15H2,1H3,(H,26,28). The van der Waals surface area contributed by atoms with Crippen LogP contribution in [0.2, 0.25) is 0 Å². The predicted molar refractivity (Wildman–Crippen MR) is 115 cm³/mol. The molecule has 1 amide bonds. The summed E-state index contributed by atoms with van der Waals surface area (Å²) in [6.45, 7) is 2.22. The molecule has 6 heteroatoms. The third kappa shape index (κ3) is 3.39. The normalized spacial score (nSPS) is 11.1. The van der Waals surface area contributed by atoms with E-state index in [1.54, 1.807) is 6.07 Å². The molecule has 0 saturated carbocycles. The number of aryl methyl sites for hydroxylation is 1. The average molecular weight is 397 g/mol. The number of aromatic nitrogens is 2. The Kier molecular flexibility index (Phi) is 4.44. The molecule has 6 nitrogen and oxygen atoms in total. The van der Waals surface area contributed by atoms with E-state index in [9.17, 15) is 4.79 Å². The van der Waals surface area contributed by atoms with Crippen LogP contribution >= 0.6 is 0 Å². The smallest absolute Gasteiger partial charge is 0.291 e. The summed E-state index contributed by atoms with van der Waals surface area (Å²) in [4.78, 5) is 17.3. The number of carbonyl (C=O) groups excluding carboxylic acids is 1. The van der Waals surface area contributed by atoms with Crippen LogP contribution in [0.25, 0.3) is 16.6 Å². The zero-order valence-corrected chi connectivity index (χ0v) is 16.3. The summed E-state index contributed by atoms with van der Waals surface area (Å²) in [6, 6.07) is 20.7. The van der Waals surface area contributed by atoms with Gasteiger partial charge in [0.1, 0.15) is 23.6 Å². The second kappa shape index (κ2) is 7.40. The van der Waals surface area contributed by atoms with E-state index in [0.29, 0.717) is 29.4 Å². The molecule has 0 radical (unpaired) electrons. The molecule has 0 bridgehead atoms. The summed E-state index contributed by atoms with van der Waals surface area (Å²) in [7, 11) is 0. The molecule has 0 fully saturated rings. The number of benzene rings is 2. The second-order valence-electron chi connectivity index (χ2n) is 7.02. The summed E-state index contributed by atoms with van der Waals surface area (Å²) in [5.74, 6) is 0.666. The molecule has 1 N–H and O–H groups in total. The van der Waals surface area contributed by atoms with Crippen molar-refractivity contribution in [3.63, 3.8) is 0 Å². The fourth-order valence-corrected chi connectivity index (χ4v) is 3.46. The topological polar surface area (TPSA) is 68.8 Å². The first kappa shape index (κ1) is 18.0. The van der Waals surface area contributed by atoms with Gasteiger partial charge in [-0.05, 0) is 37.3 Å². The number of anilines is 1. The van der Waals surface area contributed by atoms with Crippen LogP contribution in [0.3, 0.4) is 0 Å². The minimum Gasteiger partial charge on any atom is -0.487 e. The number of fused-ring (bicyclic) bond motifs is 2.